The van der Waals surface area contributed by atoms with Crippen molar-refractivity contribution in [2.75, 3.05) is 11.8 Å². The van der Waals surface area contributed by atoms with Crippen LogP contribution < -0.4 is 0 Å². The highest BCUT2D eigenvalue weighted by molar-refractivity contribution is 6.21. The Morgan fingerprint density at radius 2 is 1.16 bits per heavy atom. The molecule has 2 aromatic carbocycles. The first-order valence-corrected chi connectivity index (χ1v) is 7.29. The number of hydrogen-bond acceptors (Lipinski definition) is 1. The van der Waals surface area contributed by atoms with E-state index >= 15 is 0 Å². The van der Waals surface area contributed by atoms with Crippen molar-refractivity contribution in [2.45, 2.75) is 12.2 Å². The van der Waals surface area contributed by atoms with E-state index in [0.29, 0.717) is 11.8 Å². The van der Waals surface area contributed by atoms with Crippen LogP contribution in [0, 0.1) is 0 Å². The summed E-state index contributed by atoms with van der Waals surface area (Å²) >= 11 is 11.8. The molecule has 0 aliphatic carbocycles. The molecule has 0 spiro atoms. The van der Waals surface area contributed by atoms with Crippen molar-refractivity contribution in [1.29, 1.82) is 0 Å². The van der Waals surface area contributed by atoms with Gasteiger partial charge in [0.2, 0.25) is 0 Å². The van der Waals surface area contributed by atoms with Gasteiger partial charge in [-0.25, -0.2) is 0 Å². The lowest BCUT2D eigenvalue weighted by molar-refractivity contribution is 0.0343. The summed E-state index contributed by atoms with van der Waals surface area (Å²) in [5.74, 6) is 0.777. The summed E-state index contributed by atoms with van der Waals surface area (Å²) in [5, 5.41) is 0. The van der Waals surface area contributed by atoms with Crippen LogP contribution in [0.2, 0.25) is 0 Å². The molecule has 0 heterocycles. The highest BCUT2D eigenvalue weighted by Gasteiger charge is 2.18. The van der Waals surface area contributed by atoms with E-state index in [1.54, 1.807) is 0 Å². The van der Waals surface area contributed by atoms with Crippen LogP contribution in [0.4, 0.5) is 0 Å². The summed E-state index contributed by atoms with van der Waals surface area (Å²) in [6.07, 6.45) is -0.293. The van der Waals surface area contributed by atoms with Gasteiger partial charge >= 0.3 is 0 Å². The van der Waals surface area contributed by atoms with E-state index in [9.17, 15) is 0 Å². The van der Waals surface area contributed by atoms with Gasteiger partial charge in [-0.2, -0.15) is 0 Å². The lowest BCUT2D eigenvalue weighted by Gasteiger charge is -2.23. The van der Waals surface area contributed by atoms with Gasteiger partial charge in [-0.15, -0.1) is 23.2 Å². The van der Waals surface area contributed by atoms with Gasteiger partial charge < -0.3 is 4.74 Å². The number of rotatable bonds is 6. The average molecular weight is 295 g/mol. The molecule has 0 unspecified atom stereocenters. The van der Waals surface area contributed by atoms with E-state index < -0.39 is 0 Å². The molecule has 0 radical (unpaired) electrons. The van der Waals surface area contributed by atoms with Crippen molar-refractivity contribution >= 4 is 23.2 Å². The molecule has 2 rings (SSSR count). The maximum atomic E-state index is 6.06. The maximum absolute atomic E-state index is 6.06. The van der Waals surface area contributed by atoms with Gasteiger partial charge in [0, 0.05) is 11.8 Å². The summed E-state index contributed by atoms with van der Waals surface area (Å²) in [5.41, 5.74) is 2.21. The Hall–Kier alpha value is -1.02. The molecule has 0 aromatic heterocycles. The normalized spacial score (nSPS) is 11.2. The fourth-order valence-electron chi connectivity index (χ4n) is 1.91. The Morgan fingerprint density at radius 3 is 1.53 bits per heavy atom. The number of benzene rings is 2. The van der Waals surface area contributed by atoms with Gasteiger partial charge in [0.05, 0.1) is 6.10 Å². The monoisotopic (exact) mass is 294 g/mol. The Balaban J connectivity index is 2.29. The minimum atomic E-state index is -0.159. The summed E-state index contributed by atoms with van der Waals surface area (Å²) in [7, 11) is 0. The molecule has 0 bridgehead atoms. The number of alkyl halides is 2. The lowest BCUT2D eigenvalue weighted by atomic mass is 10.0. The standard InChI is InChI=1S/C16H16Cl2O/c17-11-15(12-18)19-16(13-7-3-1-4-8-13)14-9-5-2-6-10-14/h1-10,15-16H,11-12H2. The first kappa shape index (κ1) is 14.4. The van der Waals surface area contributed by atoms with E-state index in [-0.39, 0.29) is 12.2 Å². The third-order valence-electron chi connectivity index (χ3n) is 2.88. The van der Waals surface area contributed by atoms with Crippen LogP contribution in [0.3, 0.4) is 0 Å². The number of hydrogen-bond donors (Lipinski definition) is 0. The molecule has 100 valence electrons. The zero-order valence-corrected chi connectivity index (χ0v) is 12.0. The Morgan fingerprint density at radius 1 is 0.737 bits per heavy atom. The molecule has 2 aromatic rings. The molecular weight excluding hydrogens is 279 g/mol. The quantitative estimate of drug-likeness (QED) is 0.705. The van der Waals surface area contributed by atoms with Crippen molar-refractivity contribution in [3.05, 3.63) is 71.8 Å². The van der Waals surface area contributed by atoms with E-state index in [2.05, 4.69) is 24.3 Å². The smallest absolute Gasteiger partial charge is 0.108 e. The fraction of sp³-hybridized carbons (Fsp3) is 0.250. The summed E-state index contributed by atoms with van der Waals surface area (Å²) in [6.45, 7) is 0. The molecule has 0 saturated heterocycles. The summed E-state index contributed by atoms with van der Waals surface area (Å²) in [4.78, 5) is 0. The fourth-order valence-corrected chi connectivity index (χ4v) is 2.39. The molecule has 0 N–H and O–H groups in total. The highest BCUT2D eigenvalue weighted by atomic mass is 35.5. The van der Waals surface area contributed by atoms with E-state index in [4.69, 9.17) is 27.9 Å². The van der Waals surface area contributed by atoms with E-state index in [0.717, 1.165) is 11.1 Å². The highest BCUT2D eigenvalue weighted by Crippen LogP contribution is 2.27. The minimum Gasteiger partial charge on any atom is -0.363 e. The molecule has 19 heavy (non-hydrogen) atoms. The maximum Gasteiger partial charge on any atom is 0.108 e. The largest absolute Gasteiger partial charge is 0.363 e. The van der Waals surface area contributed by atoms with Gasteiger partial charge in [0.15, 0.2) is 0 Å². The van der Waals surface area contributed by atoms with Crippen molar-refractivity contribution in [1.82, 2.24) is 0 Å². The molecule has 3 heteroatoms. The summed E-state index contributed by atoms with van der Waals surface area (Å²) < 4.78 is 6.06. The first-order valence-electron chi connectivity index (χ1n) is 6.22. The van der Waals surface area contributed by atoms with Crippen molar-refractivity contribution in [3.8, 4) is 0 Å². The number of ether oxygens (including phenoxy) is 1. The van der Waals surface area contributed by atoms with E-state index in [1.807, 2.05) is 36.4 Å². The van der Waals surface area contributed by atoms with Crippen LogP contribution in [-0.4, -0.2) is 17.9 Å². The van der Waals surface area contributed by atoms with Crippen molar-refractivity contribution in [3.63, 3.8) is 0 Å². The Bertz CT molecular complexity index is 429. The SMILES string of the molecule is ClCC(CCl)OC(c1ccccc1)c1ccccc1. The molecule has 0 saturated carbocycles. The van der Waals surface area contributed by atoms with Crippen LogP contribution in [-0.2, 0) is 4.74 Å². The Labute approximate surface area is 124 Å². The van der Waals surface area contributed by atoms with Crippen LogP contribution in [0.1, 0.15) is 17.2 Å². The van der Waals surface area contributed by atoms with Crippen LogP contribution in [0.15, 0.2) is 60.7 Å². The third kappa shape index (κ3) is 3.97. The molecule has 0 aliphatic heterocycles. The van der Waals surface area contributed by atoms with Gasteiger partial charge in [-0.1, -0.05) is 60.7 Å². The zero-order chi connectivity index (χ0) is 13.5. The second kappa shape index (κ2) is 7.54. The molecular formula is C16H16Cl2O. The van der Waals surface area contributed by atoms with Crippen molar-refractivity contribution in [2.24, 2.45) is 0 Å². The minimum absolute atomic E-state index is 0.134. The molecule has 0 aliphatic rings. The molecule has 0 amide bonds. The second-order valence-corrected chi connectivity index (χ2v) is 4.89. The topological polar surface area (TPSA) is 9.23 Å². The molecule has 0 atom stereocenters. The van der Waals surface area contributed by atoms with Crippen LogP contribution in [0.25, 0.3) is 0 Å². The van der Waals surface area contributed by atoms with E-state index in [1.165, 1.54) is 0 Å². The predicted octanol–water partition coefficient (Wildman–Crippen LogP) is 4.64. The summed E-state index contributed by atoms with van der Waals surface area (Å²) in [6, 6.07) is 20.2. The average Bonchev–Trinajstić information content (AvgIpc) is 2.50. The molecule has 1 nitrogen and oxygen atoms in total. The number of halogens is 2. The zero-order valence-electron chi connectivity index (χ0n) is 10.5. The van der Waals surface area contributed by atoms with Gasteiger partial charge in [-0.3, -0.25) is 0 Å². The first-order chi connectivity index (χ1) is 9.35. The van der Waals surface area contributed by atoms with Gasteiger partial charge in [0.25, 0.3) is 0 Å². The Kier molecular flexibility index (Phi) is 5.71. The molecule has 0 fully saturated rings. The third-order valence-corrected chi connectivity index (χ3v) is 3.57. The lowest BCUT2D eigenvalue weighted by Crippen LogP contribution is -2.21. The predicted molar refractivity (Wildman–Crippen MR) is 81.0 cm³/mol. The second-order valence-electron chi connectivity index (χ2n) is 4.27. The van der Waals surface area contributed by atoms with Crippen LogP contribution in [0.5, 0.6) is 0 Å². The van der Waals surface area contributed by atoms with Gasteiger partial charge in [0.1, 0.15) is 6.10 Å². The van der Waals surface area contributed by atoms with Crippen LogP contribution >= 0.6 is 23.2 Å². The van der Waals surface area contributed by atoms with Gasteiger partial charge in [-0.05, 0) is 11.1 Å². The van der Waals surface area contributed by atoms with Crippen molar-refractivity contribution < 1.29 is 4.74 Å².